The molecule has 0 saturated heterocycles. The Labute approximate surface area is 152 Å². The summed E-state index contributed by atoms with van der Waals surface area (Å²) in [6, 6.07) is 0. The molecule has 0 aromatic heterocycles. The lowest BCUT2D eigenvalue weighted by Crippen LogP contribution is -2.17. The maximum absolute atomic E-state index is 5.97. The van der Waals surface area contributed by atoms with Gasteiger partial charge in [-0.05, 0) is 44.6 Å². The molecule has 142 valence electrons. The summed E-state index contributed by atoms with van der Waals surface area (Å²) in [5.74, 6) is 3.38. The van der Waals surface area contributed by atoms with Crippen LogP contribution in [0.2, 0.25) is 0 Å². The Balaban J connectivity index is 1.85. The highest BCUT2D eigenvalue weighted by atomic mass is 16.5. The lowest BCUT2D eigenvalue weighted by molar-refractivity contribution is 0.195. The molecule has 0 spiro atoms. The van der Waals surface area contributed by atoms with E-state index in [1.807, 2.05) is 0 Å². The van der Waals surface area contributed by atoms with E-state index in [9.17, 15) is 0 Å². The third-order valence-electron chi connectivity index (χ3n) is 4.76. The number of hydrogen-bond acceptors (Lipinski definition) is 5. The van der Waals surface area contributed by atoms with Crippen LogP contribution in [0.4, 0.5) is 0 Å². The maximum Gasteiger partial charge on any atom is 0.186 e. The van der Waals surface area contributed by atoms with E-state index in [2.05, 4.69) is 30.8 Å². The predicted molar refractivity (Wildman–Crippen MR) is 102 cm³/mol. The van der Waals surface area contributed by atoms with Crippen LogP contribution in [0, 0.1) is 5.92 Å². The molecule has 25 heavy (non-hydrogen) atoms. The summed E-state index contributed by atoms with van der Waals surface area (Å²) in [5, 5.41) is 0. The van der Waals surface area contributed by atoms with Gasteiger partial charge in [0.1, 0.15) is 13.2 Å². The third-order valence-corrected chi connectivity index (χ3v) is 4.76. The fraction of sp³-hybridized carbons (Fsp3) is 0.800. The molecule has 0 fully saturated rings. The molecule has 2 aliphatic rings. The van der Waals surface area contributed by atoms with Crippen LogP contribution >= 0.6 is 0 Å². The van der Waals surface area contributed by atoms with Crippen molar-refractivity contribution in [3.8, 4) is 0 Å². The van der Waals surface area contributed by atoms with Crippen molar-refractivity contribution in [1.82, 2.24) is 0 Å². The van der Waals surface area contributed by atoms with Gasteiger partial charge in [-0.1, -0.05) is 13.8 Å². The quantitative estimate of drug-likeness (QED) is 0.486. The zero-order valence-electron chi connectivity index (χ0n) is 16.2. The van der Waals surface area contributed by atoms with E-state index in [4.69, 9.17) is 14.2 Å². The van der Waals surface area contributed by atoms with Gasteiger partial charge in [-0.3, -0.25) is 9.98 Å². The molecule has 2 rings (SSSR count). The van der Waals surface area contributed by atoms with Crippen molar-refractivity contribution in [2.75, 3.05) is 32.9 Å². The van der Waals surface area contributed by atoms with Crippen molar-refractivity contribution in [3.05, 3.63) is 11.3 Å². The average molecular weight is 351 g/mol. The first-order valence-electron chi connectivity index (χ1n) is 9.89. The summed E-state index contributed by atoms with van der Waals surface area (Å²) < 4.78 is 17.3. The zero-order valence-corrected chi connectivity index (χ0v) is 16.2. The van der Waals surface area contributed by atoms with Crippen LogP contribution < -0.4 is 0 Å². The second-order valence-electron chi connectivity index (χ2n) is 6.73. The highest BCUT2D eigenvalue weighted by Gasteiger charge is 2.22. The lowest BCUT2D eigenvalue weighted by Gasteiger charge is -2.18. The molecule has 1 atom stereocenters. The van der Waals surface area contributed by atoms with E-state index in [0.717, 1.165) is 89.7 Å². The normalized spacial score (nSPS) is 18.8. The van der Waals surface area contributed by atoms with Crippen molar-refractivity contribution in [1.29, 1.82) is 0 Å². The van der Waals surface area contributed by atoms with Crippen LogP contribution in [-0.2, 0) is 14.2 Å². The van der Waals surface area contributed by atoms with Gasteiger partial charge in [-0.15, -0.1) is 0 Å². The van der Waals surface area contributed by atoms with Crippen LogP contribution in [0.5, 0.6) is 0 Å². The summed E-state index contributed by atoms with van der Waals surface area (Å²) in [6.45, 7) is 10.4. The van der Waals surface area contributed by atoms with Crippen molar-refractivity contribution < 1.29 is 14.2 Å². The molecule has 2 heterocycles. The van der Waals surface area contributed by atoms with Gasteiger partial charge in [-0.25, -0.2) is 0 Å². The second-order valence-corrected chi connectivity index (χ2v) is 6.73. The Hall–Kier alpha value is -1.52. The number of aliphatic imine (C=N–C) groups is 2. The van der Waals surface area contributed by atoms with Crippen molar-refractivity contribution >= 4 is 11.8 Å². The summed E-state index contributed by atoms with van der Waals surface area (Å²) in [4.78, 5) is 8.95. The number of allylic oxidation sites excluding steroid dienone is 2. The molecule has 2 aliphatic heterocycles. The highest BCUT2D eigenvalue weighted by molar-refractivity contribution is 5.81. The summed E-state index contributed by atoms with van der Waals surface area (Å²) in [7, 11) is 0. The first-order valence-corrected chi connectivity index (χ1v) is 9.89. The van der Waals surface area contributed by atoms with Gasteiger partial charge in [0.15, 0.2) is 11.8 Å². The molecule has 5 heteroatoms. The zero-order chi connectivity index (χ0) is 17.9. The van der Waals surface area contributed by atoms with E-state index >= 15 is 0 Å². The summed E-state index contributed by atoms with van der Waals surface area (Å²) >= 11 is 0. The maximum atomic E-state index is 5.97. The van der Waals surface area contributed by atoms with Crippen LogP contribution in [0.25, 0.3) is 0 Å². The second kappa shape index (κ2) is 11.2. The van der Waals surface area contributed by atoms with E-state index in [-0.39, 0.29) is 0 Å². The SMILES string of the molecule is CCCO/C(CCCC(CCC1=NCCO1)C1=NCCO1)=C(/C)CC. The Morgan fingerprint density at radius 3 is 2.56 bits per heavy atom. The molecular weight excluding hydrogens is 316 g/mol. The van der Waals surface area contributed by atoms with Gasteiger partial charge < -0.3 is 14.2 Å². The van der Waals surface area contributed by atoms with E-state index in [1.54, 1.807) is 0 Å². The Bertz CT molecular complexity index is 497. The van der Waals surface area contributed by atoms with Crippen molar-refractivity contribution in [2.45, 2.75) is 65.7 Å². The molecule has 0 amide bonds. The minimum Gasteiger partial charge on any atom is -0.498 e. The van der Waals surface area contributed by atoms with E-state index < -0.39 is 0 Å². The molecule has 0 radical (unpaired) electrons. The molecule has 0 bridgehead atoms. The monoisotopic (exact) mass is 350 g/mol. The first kappa shape index (κ1) is 19.8. The summed E-state index contributed by atoms with van der Waals surface area (Å²) in [5.41, 5.74) is 1.37. The Morgan fingerprint density at radius 1 is 1.12 bits per heavy atom. The molecule has 0 aliphatic carbocycles. The number of ether oxygens (including phenoxy) is 3. The van der Waals surface area contributed by atoms with Gasteiger partial charge >= 0.3 is 0 Å². The standard InChI is InChI=1S/C20H34N2O3/c1-4-13-23-18(16(3)5-2)8-6-7-17(20-22-12-15-25-20)9-10-19-21-11-14-24-19/h17H,4-15H2,1-3H3/b18-16-. The topological polar surface area (TPSA) is 52.4 Å². The minimum absolute atomic E-state index is 0.365. The largest absolute Gasteiger partial charge is 0.498 e. The van der Waals surface area contributed by atoms with Gasteiger partial charge in [-0.2, -0.15) is 0 Å². The fourth-order valence-electron chi connectivity index (χ4n) is 3.16. The van der Waals surface area contributed by atoms with Gasteiger partial charge in [0, 0.05) is 18.8 Å². The predicted octanol–water partition coefficient (Wildman–Crippen LogP) is 4.52. The molecule has 0 N–H and O–H groups in total. The average Bonchev–Trinajstić information content (AvgIpc) is 3.33. The van der Waals surface area contributed by atoms with Crippen molar-refractivity contribution in [2.24, 2.45) is 15.9 Å². The van der Waals surface area contributed by atoms with Gasteiger partial charge in [0.2, 0.25) is 0 Å². The van der Waals surface area contributed by atoms with E-state index in [1.165, 1.54) is 11.3 Å². The van der Waals surface area contributed by atoms with Gasteiger partial charge in [0.25, 0.3) is 0 Å². The van der Waals surface area contributed by atoms with Crippen LogP contribution in [-0.4, -0.2) is 44.7 Å². The number of hydrogen-bond donors (Lipinski definition) is 0. The molecular formula is C20H34N2O3. The van der Waals surface area contributed by atoms with Gasteiger partial charge in [0.05, 0.1) is 25.5 Å². The van der Waals surface area contributed by atoms with Crippen LogP contribution in [0.1, 0.15) is 65.7 Å². The van der Waals surface area contributed by atoms with Crippen molar-refractivity contribution in [3.63, 3.8) is 0 Å². The molecule has 0 saturated carbocycles. The van der Waals surface area contributed by atoms with E-state index in [0.29, 0.717) is 5.92 Å². The smallest absolute Gasteiger partial charge is 0.186 e. The number of nitrogens with zero attached hydrogens (tertiary/aromatic N) is 2. The minimum atomic E-state index is 0.365. The summed E-state index contributed by atoms with van der Waals surface area (Å²) in [6.07, 6.45) is 7.15. The fourth-order valence-corrected chi connectivity index (χ4v) is 3.16. The highest BCUT2D eigenvalue weighted by Crippen LogP contribution is 2.24. The van der Waals surface area contributed by atoms with Crippen LogP contribution in [0.3, 0.4) is 0 Å². The third kappa shape index (κ3) is 6.71. The Kier molecular flexibility index (Phi) is 8.84. The molecule has 0 aromatic rings. The molecule has 1 unspecified atom stereocenters. The molecule has 0 aromatic carbocycles. The lowest BCUT2D eigenvalue weighted by atomic mass is 9.95. The molecule has 5 nitrogen and oxygen atoms in total. The van der Waals surface area contributed by atoms with Crippen LogP contribution in [0.15, 0.2) is 21.3 Å². The first-order chi connectivity index (χ1) is 12.2. The number of rotatable bonds is 12. The Morgan fingerprint density at radius 2 is 1.92 bits per heavy atom.